The fourth-order valence-corrected chi connectivity index (χ4v) is 3.18. The molecule has 25 heavy (non-hydrogen) atoms. The van der Waals surface area contributed by atoms with Gasteiger partial charge in [-0.15, -0.1) is 0 Å². The van der Waals surface area contributed by atoms with Gasteiger partial charge in [-0.2, -0.15) is 13.3 Å². The van der Waals surface area contributed by atoms with E-state index in [9.17, 15) is 0 Å². The molecule has 0 amide bonds. The van der Waals surface area contributed by atoms with Crippen LogP contribution in [0.15, 0.2) is 0 Å². The molecule has 0 aromatic rings. The first-order valence-corrected chi connectivity index (χ1v) is 10.1. The smallest absolute Gasteiger partial charge is 1.00 e. The van der Waals surface area contributed by atoms with Crippen molar-refractivity contribution in [3.63, 3.8) is 0 Å². The van der Waals surface area contributed by atoms with Gasteiger partial charge in [0.2, 0.25) is 0 Å². The van der Waals surface area contributed by atoms with Gasteiger partial charge >= 0.3 is 23.1 Å². The van der Waals surface area contributed by atoms with E-state index in [1.807, 2.05) is 0 Å². The zero-order chi connectivity index (χ0) is 17.2. The number of hydrogen-bond donors (Lipinski definition) is 0. The topological polar surface area (TPSA) is 18.5 Å². The van der Waals surface area contributed by atoms with Crippen LogP contribution in [0.1, 0.15) is 98.3 Å². The Hall–Kier alpha value is 1.17. The van der Waals surface area contributed by atoms with Crippen molar-refractivity contribution in [2.45, 2.75) is 98.3 Å². The van der Waals surface area contributed by atoms with E-state index in [1.165, 1.54) is 64.2 Å². The molecular weight excluding hydrogens is 388 g/mol. The maximum Gasteiger partial charge on any atom is 2.00 e. The molecule has 0 aliphatic rings. The zero-order valence-electron chi connectivity index (χ0n) is 17.5. The number of ether oxygens (including phenoxy) is 2. The van der Waals surface area contributed by atoms with Gasteiger partial charge in [-0.3, -0.25) is 0 Å². The third kappa shape index (κ3) is 25.2. The molecule has 0 spiro atoms. The second kappa shape index (κ2) is 25.2. The molecule has 0 aliphatic carbocycles. The summed E-state index contributed by atoms with van der Waals surface area (Å²) in [6, 6.07) is 0. The molecule has 0 radical (unpaired) electrons. The fraction of sp³-hybridized carbons (Fsp3) is 0.952. The summed E-state index contributed by atoms with van der Waals surface area (Å²) < 4.78 is 11.1. The average Bonchev–Trinajstić information content (AvgIpc) is 2.52. The molecule has 2 nitrogen and oxygen atoms in total. The Morgan fingerprint density at radius 2 is 1.36 bits per heavy atom. The first kappa shape index (κ1) is 30.9. The first-order chi connectivity index (χ1) is 11.2. The largest absolute Gasteiger partial charge is 2.00 e. The third-order valence-electron chi connectivity index (χ3n) is 4.49. The maximum absolute atomic E-state index is 5.57. The van der Waals surface area contributed by atoms with Crippen LogP contribution in [-0.2, 0) is 9.47 Å². The van der Waals surface area contributed by atoms with Crippen molar-refractivity contribution >= 4 is 23.1 Å². The van der Waals surface area contributed by atoms with Crippen LogP contribution in [0.4, 0.5) is 0 Å². The third-order valence-corrected chi connectivity index (χ3v) is 4.49. The number of hydrogen-bond acceptors (Lipinski definition) is 2. The van der Waals surface area contributed by atoms with Crippen LogP contribution in [0.25, 0.3) is 0 Å². The summed E-state index contributed by atoms with van der Waals surface area (Å²) in [6.45, 7) is 11.3. The normalized spacial score (nSPS) is 13.0. The molecule has 0 aromatic heterocycles. The van der Waals surface area contributed by atoms with Crippen molar-refractivity contribution < 1.29 is 26.5 Å². The monoisotopic (exact) mass is 430 g/mol. The van der Waals surface area contributed by atoms with Gasteiger partial charge in [0.1, 0.15) is 6.79 Å². The van der Waals surface area contributed by atoms with Crippen LogP contribution in [0.3, 0.4) is 0 Å². The molecule has 0 saturated carbocycles. The Balaban J connectivity index is -0.00000242. The molecule has 4 heteroatoms. The Bertz CT molecular complexity index is 230. The van der Waals surface area contributed by atoms with Crippen LogP contribution in [0.5, 0.6) is 0 Å². The van der Waals surface area contributed by atoms with Crippen LogP contribution < -0.4 is 17.0 Å². The fourth-order valence-electron chi connectivity index (χ4n) is 3.18. The van der Waals surface area contributed by atoms with Crippen molar-refractivity contribution in [3.8, 4) is 0 Å². The number of unbranched alkanes of at least 4 members (excludes halogenated alkanes) is 6. The van der Waals surface area contributed by atoms with Gasteiger partial charge in [0.25, 0.3) is 0 Å². The van der Waals surface area contributed by atoms with E-state index in [2.05, 4.69) is 34.1 Å². The van der Waals surface area contributed by atoms with Gasteiger partial charge in [0.15, 0.2) is 0 Å². The molecule has 2 unspecified atom stereocenters. The van der Waals surface area contributed by atoms with Crippen molar-refractivity contribution in [1.82, 2.24) is 0 Å². The molecule has 0 N–H and O–H groups in total. The number of halogens is 1. The summed E-state index contributed by atoms with van der Waals surface area (Å²) in [5, 5.41) is 0. The predicted molar refractivity (Wildman–Crippen MR) is 107 cm³/mol. The first-order valence-electron chi connectivity index (χ1n) is 10.1. The summed E-state index contributed by atoms with van der Waals surface area (Å²) in [7, 11) is 0. The SMILES string of the molecule is C[CH-]CC(C)CC(C)CCCOCOCCCCCCCCC.[Br-].[Mg+2]. The molecule has 0 aliphatic heterocycles. The standard InChI is InChI=1S/C21H43O2.BrH.Mg/c1-5-7-8-9-10-11-12-16-22-19-23-17-13-15-21(4)18-20(3)14-6-2;;/h6,20-21H,5,7-19H2,1-4H3;1H;/q-1;;+2/p-1. The van der Waals surface area contributed by atoms with Gasteiger partial charge in [0, 0.05) is 13.2 Å². The summed E-state index contributed by atoms with van der Waals surface area (Å²) in [5.41, 5.74) is 0. The molecule has 0 aromatic carbocycles. The van der Waals surface area contributed by atoms with Crippen molar-refractivity contribution in [2.75, 3.05) is 20.0 Å². The van der Waals surface area contributed by atoms with E-state index in [1.54, 1.807) is 0 Å². The van der Waals surface area contributed by atoms with Gasteiger partial charge in [0.05, 0.1) is 0 Å². The molecule has 0 heterocycles. The van der Waals surface area contributed by atoms with Gasteiger partial charge in [-0.05, 0) is 25.2 Å². The summed E-state index contributed by atoms with van der Waals surface area (Å²) in [5.74, 6) is 1.63. The van der Waals surface area contributed by atoms with Gasteiger partial charge in [-0.25, -0.2) is 0 Å². The summed E-state index contributed by atoms with van der Waals surface area (Å²) >= 11 is 0. The van der Waals surface area contributed by atoms with E-state index < -0.39 is 0 Å². The van der Waals surface area contributed by atoms with Crippen molar-refractivity contribution in [2.24, 2.45) is 11.8 Å². The number of rotatable bonds is 18. The molecule has 148 valence electrons. The molecule has 2 atom stereocenters. The summed E-state index contributed by atoms with van der Waals surface area (Å²) in [6.07, 6.45) is 16.6. The minimum atomic E-state index is 0. The zero-order valence-corrected chi connectivity index (χ0v) is 20.5. The molecular formula is C21H43BrMgO2. The molecule has 0 rings (SSSR count). The Kier molecular flexibility index (Phi) is 31.1. The minimum Gasteiger partial charge on any atom is -1.00 e. The predicted octanol–water partition coefficient (Wildman–Crippen LogP) is 3.41. The second-order valence-electron chi connectivity index (χ2n) is 7.29. The summed E-state index contributed by atoms with van der Waals surface area (Å²) in [4.78, 5) is 0. The van der Waals surface area contributed by atoms with E-state index in [0.29, 0.717) is 6.79 Å². The van der Waals surface area contributed by atoms with E-state index >= 15 is 0 Å². The Morgan fingerprint density at radius 3 is 1.96 bits per heavy atom. The van der Waals surface area contributed by atoms with Crippen LogP contribution in [0.2, 0.25) is 0 Å². The van der Waals surface area contributed by atoms with Crippen LogP contribution in [-0.4, -0.2) is 43.1 Å². The van der Waals surface area contributed by atoms with Crippen LogP contribution in [0, 0.1) is 18.3 Å². The average molecular weight is 432 g/mol. The van der Waals surface area contributed by atoms with Crippen molar-refractivity contribution in [3.05, 3.63) is 6.42 Å². The van der Waals surface area contributed by atoms with E-state index in [0.717, 1.165) is 31.5 Å². The molecule has 0 saturated heterocycles. The minimum absolute atomic E-state index is 0. The Labute approximate surface area is 185 Å². The second-order valence-corrected chi connectivity index (χ2v) is 7.29. The van der Waals surface area contributed by atoms with Gasteiger partial charge < -0.3 is 32.9 Å². The maximum atomic E-state index is 5.57. The van der Waals surface area contributed by atoms with Crippen LogP contribution >= 0.6 is 0 Å². The van der Waals surface area contributed by atoms with E-state index in [-0.39, 0.29) is 40.0 Å². The van der Waals surface area contributed by atoms with Gasteiger partial charge in [-0.1, -0.05) is 71.6 Å². The quantitative estimate of drug-likeness (QED) is 0.143. The molecule has 0 fully saturated rings. The van der Waals surface area contributed by atoms with E-state index in [4.69, 9.17) is 9.47 Å². The van der Waals surface area contributed by atoms with Crippen molar-refractivity contribution in [1.29, 1.82) is 0 Å². The Morgan fingerprint density at radius 1 is 0.800 bits per heavy atom. The molecule has 0 bridgehead atoms.